The third-order valence-corrected chi connectivity index (χ3v) is 2.07. The van der Waals surface area contributed by atoms with Crippen LogP contribution < -0.4 is 0 Å². The Kier molecular flexibility index (Phi) is 6.89. The van der Waals surface area contributed by atoms with Crippen molar-refractivity contribution < 1.29 is 9.59 Å². The van der Waals surface area contributed by atoms with Gasteiger partial charge in [-0.1, -0.05) is 19.8 Å². The van der Waals surface area contributed by atoms with Crippen molar-refractivity contribution in [1.29, 1.82) is 5.41 Å². The van der Waals surface area contributed by atoms with E-state index in [4.69, 9.17) is 5.41 Å². The topological polar surface area (TPSA) is 58.0 Å². The van der Waals surface area contributed by atoms with E-state index in [0.717, 1.165) is 19.3 Å². The SMILES string of the molecule is CCCCCC(=N)C(=O)CCC(C)=O. The Morgan fingerprint density at radius 1 is 1.07 bits per heavy atom. The van der Waals surface area contributed by atoms with Gasteiger partial charge in [-0.3, -0.25) is 4.79 Å². The highest BCUT2D eigenvalue weighted by Crippen LogP contribution is 2.03. The predicted molar refractivity (Wildman–Crippen MR) is 56.8 cm³/mol. The molecule has 0 atom stereocenters. The van der Waals surface area contributed by atoms with Crippen molar-refractivity contribution in [3.05, 3.63) is 0 Å². The van der Waals surface area contributed by atoms with Crippen LogP contribution in [0.2, 0.25) is 0 Å². The van der Waals surface area contributed by atoms with Crippen molar-refractivity contribution in [3.8, 4) is 0 Å². The molecule has 1 N–H and O–H groups in total. The van der Waals surface area contributed by atoms with Gasteiger partial charge in [0.25, 0.3) is 0 Å². The lowest BCUT2D eigenvalue weighted by Crippen LogP contribution is -2.13. The van der Waals surface area contributed by atoms with Crippen LogP contribution in [-0.4, -0.2) is 17.3 Å². The molecule has 0 spiro atoms. The predicted octanol–water partition coefficient (Wildman–Crippen LogP) is 2.52. The van der Waals surface area contributed by atoms with Gasteiger partial charge in [-0.05, 0) is 19.8 Å². The first-order chi connectivity index (χ1) is 6.57. The molecule has 0 aliphatic rings. The number of hydrogen-bond donors (Lipinski definition) is 1. The van der Waals surface area contributed by atoms with Crippen LogP contribution in [-0.2, 0) is 9.59 Å². The van der Waals surface area contributed by atoms with E-state index >= 15 is 0 Å². The average molecular weight is 197 g/mol. The molecule has 0 aliphatic carbocycles. The highest BCUT2D eigenvalue weighted by Gasteiger charge is 2.09. The Balaban J connectivity index is 3.65. The zero-order chi connectivity index (χ0) is 11.0. The second-order valence-electron chi connectivity index (χ2n) is 3.56. The third-order valence-electron chi connectivity index (χ3n) is 2.07. The summed E-state index contributed by atoms with van der Waals surface area (Å²) in [5.41, 5.74) is 0.180. The van der Waals surface area contributed by atoms with Crippen LogP contribution in [0.1, 0.15) is 52.4 Å². The number of ketones is 2. The summed E-state index contributed by atoms with van der Waals surface area (Å²) >= 11 is 0. The van der Waals surface area contributed by atoms with E-state index in [1.807, 2.05) is 0 Å². The van der Waals surface area contributed by atoms with Gasteiger partial charge in [0.1, 0.15) is 5.78 Å². The highest BCUT2D eigenvalue weighted by atomic mass is 16.1. The van der Waals surface area contributed by atoms with Crippen molar-refractivity contribution in [2.24, 2.45) is 0 Å². The number of hydrogen-bond acceptors (Lipinski definition) is 3. The van der Waals surface area contributed by atoms with Gasteiger partial charge in [-0.15, -0.1) is 0 Å². The third kappa shape index (κ3) is 6.52. The molecule has 0 aromatic carbocycles. The fourth-order valence-corrected chi connectivity index (χ4v) is 1.13. The number of Topliss-reactive ketones (excluding diaryl/α,β-unsaturated/α-hetero) is 2. The number of rotatable bonds is 8. The molecule has 0 rings (SSSR count). The average Bonchev–Trinajstić information content (AvgIpc) is 2.14. The second kappa shape index (κ2) is 7.42. The summed E-state index contributed by atoms with van der Waals surface area (Å²) in [4.78, 5) is 21.9. The minimum atomic E-state index is -0.170. The molecule has 14 heavy (non-hydrogen) atoms. The van der Waals surface area contributed by atoms with E-state index in [1.165, 1.54) is 6.92 Å². The van der Waals surface area contributed by atoms with Gasteiger partial charge in [0.15, 0.2) is 5.78 Å². The van der Waals surface area contributed by atoms with Crippen LogP contribution in [0, 0.1) is 5.41 Å². The van der Waals surface area contributed by atoms with Crippen molar-refractivity contribution >= 4 is 17.3 Å². The van der Waals surface area contributed by atoms with Crippen molar-refractivity contribution in [2.75, 3.05) is 0 Å². The highest BCUT2D eigenvalue weighted by molar-refractivity contribution is 6.38. The van der Waals surface area contributed by atoms with Crippen molar-refractivity contribution in [1.82, 2.24) is 0 Å². The maximum atomic E-state index is 11.3. The Morgan fingerprint density at radius 3 is 2.21 bits per heavy atom. The van der Waals surface area contributed by atoms with Gasteiger partial charge in [0, 0.05) is 12.8 Å². The lowest BCUT2D eigenvalue weighted by molar-refractivity contribution is -0.120. The monoisotopic (exact) mass is 197 g/mol. The van der Waals surface area contributed by atoms with E-state index in [9.17, 15) is 9.59 Å². The zero-order valence-corrected chi connectivity index (χ0v) is 9.06. The van der Waals surface area contributed by atoms with Gasteiger partial charge in [-0.25, -0.2) is 0 Å². The lowest BCUT2D eigenvalue weighted by atomic mass is 10.0. The van der Waals surface area contributed by atoms with E-state index in [1.54, 1.807) is 0 Å². The maximum absolute atomic E-state index is 11.3. The molecular formula is C11H19NO2. The second-order valence-corrected chi connectivity index (χ2v) is 3.56. The first kappa shape index (κ1) is 13.0. The Labute approximate surface area is 85.4 Å². The van der Waals surface area contributed by atoms with Crippen LogP contribution in [0.3, 0.4) is 0 Å². The van der Waals surface area contributed by atoms with Crippen LogP contribution in [0.25, 0.3) is 0 Å². The number of carbonyl (C=O) groups is 2. The molecule has 0 heterocycles. The largest absolute Gasteiger partial charge is 0.302 e. The molecule has 0 fully saturated rings. The summed E-state index contributed by atoms with van der Waals surface area (Å²) in [5, 5.41) is 7.46. The lowest BCUT2D eigenvalue weighted by Gasteiger charge is -2.01. The first-order valence-electron chi connectivity index (χ1n) is 5.18. The van der Waals surface area contributed by atoms with E-state index in [-0.39, 0.29) is 30.1 Å². The minimum absolute atomic E-state index is 0.0136. The molecule has 0 radical (unpaired) electrons. The summed E-state index contributed by atoms with van der Waals surface area (Å²) in [6, 6.07) is 0. The molecule has 0 unspecified atom stereocenters. The van der Waals surface area contributed by atoms with E-state index in [0.29, 0.717) is 6.42 Å². The number of carbonyl (C=O) groups excluding carboxylic acids is 2. The van der Waals surface area contributed by atoms with Gasteiger partial charge in [0.05, 0.1) is 5.71 Å². The fourth-order valence-electron chi connectivity index (χ4n) is 1.13. The quantitative estimate of drug-likeness (QED) is 0.480. The minimum Gasteiger partial charge on any atom is -0.302 e. The van der Waals surface area contributed by atoms with Gasteiger partial charge >= 0.3 is 0 Å². The molecule has 0 saturated heterocycles. The number of unbranched alkanes of at least 4 members (excludes halogenated alkanes) is 2. The van der Waals surface area contributed by atoms with Gasteiger partial charge < -0.3 is 10.2 Å². The number of nitrogens with one attached hydrogen (secondary N) is 1. The summed E-state index contributed by atoms with van der Waals surface area (Å²) in [6.45, 7) is 3.55. The Morgan fingerprint density at radius 2 is 1.71 bits per heavy atom. The van der Waals surface area contributed by atoms with Crippen molar-refractivity contribution in [3.63, 3.8) is 0 Å². The fraction of sp³-hybridized carbons (Fsp3) is 0.727. The van der Waals surface area contributed by atoms with Crippen LogP contribution >= 0.6 is 0 Å². The zero-order valence-electron chi connectivity index (χ0n) is 9.06. The molecular weight excluding hydrogens is 178 g/mol. The molecule has 3 nitrogen and oxygen atoms in total. The first-order valence-corrected chi connectivity index (χ1v) is 5.18. The van der Waals surface area contributed by atoms with Crippen molar-refractivity contribution in [2.45, 2.75) is 52.4 Å². The van der Waals surface area contributed by atoms with Gasteiger partial charge in [0.2, 0.25) is 0 Å². The molecule has 0 aromatic heterocycles. The summed E-state index contributed by atoms with van der Waals surface area (Å²) in [7, 11) is 0. The van der Waals surface area contributed by atoms with E-state index < -0.39 is 0 Å². The maximum Gasteiger partial charge on any atom is 0.176 e. The molecule has 0 aromatic rings. The molecule has 3 heteroatoms. The molecule has 0 amide bonds. The standard InChI is InChI=1S/C11H19NO2/c1-3-4-5-6-10(12)11(14)8-7-9(2)13/h12H,3-8H2,1-2H3. The summed E-state index contributed by atoms with van der Waals surface area (Å²) in [5.74, 6) is -0.156. The molecule has 0 bridgehead atoms. The smallest absolute Gasteiger partial charge is 0.176 e. The van der Waals surface area contributed by atoms with Gasteiger partial charge in [-0.2, -0.15) is 0 Å². The normalized spacial score (nSPS) is 9.86. The van der Waals surface area contributed by atoms with Crippen LogP contribution in [0.5, 0.6) is 0 Å². The summed E-state index contributed by atoms with van der Waals surface area (Å²) < 4.78 is 0. The molecule has 80 valence electrons. The van der Waals surface area contributed by atoms with Crippen LogP contribution in [0.15, 0.2) is 0 Å². The Hall–Kier alpha value is -0.990. The van der Waals surface area contributed by atoms with E-state index in [2.05, 4.69) is 6.92 Å². The molecule has 0 aliphatic heterocycles. The van der Waals surface area contributed by atoms with Crippen LogP contribution in [0.4, 0.5) is 0 Å². The molecule has 0 saturated carbocycles. The Bertz CT molecular complexity index is 221. The summed E-state index contributed by atoms with van der Waals surface area (Å²) in [6.07, 6.45) is 4.10.